The molecular formula is C38H51ClN4O5SSi. The topological polar surface area (TPSA) is 92.3 Å². The van der Waals surface area contributed by atoms with Gasteiger partial charge >= 0.3 is 6.09 Å². The van der Waals surface area contributed by atoms with E-state index in [1.165, 1.54) is 10.5 Å². The second-order valence-corrected chi connectivity index (χ2v) is 23.3. The number of likely N-dealkylation sites (tertiary alicyclic amines) is 2. The van der Waals surface area contributed by atoms with Crippen molar-refractivity contribution in [3.05, 3.63) is 45.9 Å². The van der Waals surface area contributed by atoms with Gasteiger partial charge in [0.15, 0.2) is 8.32 Å². The number of hydrogen-bond donors (Lipinski definition) is 0. The molecule has 0 saturated carbocycles. The third-order valence-corrected chi connectivity index (χ3v) is 16.7. The number of anilines is 1. The molecule has 0 aliphatic carbocycles. The Labute approximate surface area is 306 Å². The number of halogens is 1. The van der Waals surface area contributed by atoms with Crippen molar-refractivity contribution in [3.63, 3.8) is 0 Å². The van der Waals surface area contributed by atoms with Crippen LogP contribution in [0.15, 0.2) is 30.5 Å². The number of benzene rings is 1. The normalized spacial score (nSPS) is 21.8. The highest BCUT2D eigenvalue weighted by Gasteiger charge is 2.50. The predicted octanol–water partition coefficient (Wildman–Crippen LogP) is 8.81. The number of ether oxygens (including phenoxy) is 1. The lowest BCUT2D eigenvalue weighted by atomic mass is 9.91. The molecule has 3 aliphatic heterocycles. The number of fused-ring (bicyclic) bond motifs is 2. The minimum atomic E-state index is -2.11. The van der Waals surface area contributed by atoms with Gasteiger partial charge in [0.1, 0.15) is 5.60 Å². The fourth-order valence-corrected chi connectivity index (χ4v) is 9.64. The first kappa shape index (κ1) is 36.8. The van der Waals surface area contributed by atoms with Gasteiger partial charge in [-0.05, 0) is 94.9 Å². The largest absolute Gasteiger partial charge is 0.444 e. The molecule has 9 nitrogen and oxygen atoms in total. The van der Waals surface area contributed by atoms with Gasteiger partial charge in [0, 0.05) is 64.9 Å². The standard InChI is InChI=1S/C38H51ClN4O5SSi/c1-36(2,3)48-35(46)43-21-26(20-38(43,7)23-47-50(8,9)37(4,5)6)41-16-10-11-24-17-25(39)18-29(33(24)41)28-14-15-40-30-19-27(49-34(28)30)22-42-31(44)12-13-32(42)45/h14-15,17-19,26H,10-13,16,20-23H2,1-9H3/t26-,38-/m0/s1. The van der Waals surface area contributed by atoms with Gasteiger partial charge in [-0.1, -0.05) is 32.4 Å². The predicted molar refractivity (Wildman–Crippen MR) is 203 cm³/mol. The number of nitrogens with zero attached hydrogens (tertiary/aromatic N) is 4. The van der Waals surface area contributed by atoms with Crippen LogP contribution in [0.2, 0.25) is 23.2 Å². The zero-order valence-electron chi connectivity index (χ0n) is 30.9. The molecule has 2 fully saturated rings. The highest BCUT2D eigenvalue weighted by molar-refractivity contribution is 7.19. The summed E-state index contributed by atoms with van der Waals surface area (Å²) in [6.07, 6.45) is 4.64. The Hall–Kier alpha value is -2.99. The number of carbonyl (C=O) groups is 3. The summed E-state index contributed by atoms with van der Waals surface area (Å²) in [7, 11) is -2.11. The molecule has 1 aromatic carbocycles. The molecule has 3 aromatic rings. The van der Waals surface area contributed by atoms with Gasteiger partial charge in [0.25, 0.3) is 0 Å². The summed E-state index contributed by atoms with van der Waals surface area (Å²) in [5.41, 5.74) is 3.99. The zero-order chi connectivity index (χ0) is 36.4. The smallest absolute Gasteiger partial charge is 0.410 e. The van der Waals surface area contributed by atoms with Crippen LogP contribution in [0.3, 0.4) is 0 Å². The minimum absolute atomic E-state index is 0.0259. The van der Waals surface area contributed by atoms with E-state index in [2.05, 4.69) is 56.7 Å². The third-order valence-electron chi connectivity index (χ3n) is 10.8. The van der Waals surface area contributed by atoms with Crippen molar-refractivity contribution >= 4 is 65.1 Å². The maximum absolute atomic E-state index is 13.9. The van der Waals surface area contributed by atoms with E-state index in [-0.39, 0.29) is 48.4 Å². The van der Waals surface area contributed by atoms with Crippen LogP contribution in [0, 0.1) is 0 Å². The Morgan fingerprint density at radius 1 is 1.06 bits per heavy atom. The van der Waals surface area contributed by atoms with Crippen LogP contribution >= 0.6 is 22.9 Å². The van der Waals surface area contributed by atoms with Crippen molar-refractivity contribution in [2.45, 2.75) is 122 Å². The number of pyridine rings is 1. The number of aromatic nitrogens is 1. The Morgan fingerprint density at radius 2 is 1.76 bits per heavy atom. The summed E-state index contributed by atoms with van der Waals surface area (Å²) in [4.78, 5) is 50.0. The molecule has 2 aromatic heterocycles. The fraction of sp³-hybridized carbons (Fsp3) is 0.579. The van der Waals surface area contributed by atoms with Crippen LogP contribution in [-0.4, -0.2) is 77.9 Å². The van der Waals surface area contributed by atoms with Gasteiger partial charge < -0.3 is 14.1 Å². The molecule has 0 unspecified atom stereocenters. The van der Waals surface area contributed by atoms with Gasteiger partial charge in [0.2, 0.25) is 11.8 Å². The van der Waals surface area contributed by atoms with Crippen molar-refractivity contribution in [2.75, 3.05) is 24.6 Å². The summed E-state index contributed by atoms with van der Waals surface area (Å²) in [5.74, 6) is -0.252. The van der Waals surface area contributed by atoms with Crippen LogP contribution in [0.5, 0.6) is 0 Å². The van der Waals surface area contributed by atoms with Crippen LogP contribution in [0.4, 0.5) is 10.5 Å². The minimum Gasteiger partial charge on any atom is -0.444 e. The van der Waals surface area contributed by atoms with Crippen LogP contribution in [0.1, 0.15) is 84.6 Å². The molecule has 0 bridgehead atoms. The summed E-state index contributed by atoms with van der Waals surface area (Å²) < 4.78 is 13.8. The monoisotopic (exact) mass is 738 g/mol. The van der Waals surface area contributed by atoms with Crippen LogP contribution in [-0.2, 0) is 31.7 Å². The highest BCUT2D eigenvalue weighted by Crippen LogP contribution is 2.47. The zero-order valence-corrected chi connectivity index (χ0v) is 33.5. The first-order valence-corrected chi connectivity index (χ1v) is 21.8. The molecule has 0 radical (unpaired) electrons. The molecule has 12 heteroatoms. The molecule has 0 spiro atoms. The lowest BCUT2D eigenvalue weighted by molar-refractivity contribution is -0.139. The average Bonchev–Trinajstić information content (AvgIpc) is 3.69. The van der Waals surface area contributed by atoms with E-state index in [1.807, 2.05) is 50.1 Å². The number of carbonyl (C=O) groups excluding carboxylic acids is 3. The second kappa shape index (κ2) is 13.2. The van der Waals surface area contributed by atoms with Gasteiger partial charge in [-0.2, -0.15) is 0 Å². The summed E-state index contributed by atoms with van der Waals surface area (Å²) in [6, 6.07) is 8.17. The van der Waals surface area contributed by atoms with Gasteiger partial charge in [0.05, 0.1) is 28.9 Å². The molecule has 270 valence electrons. The summed E-state index contributed by atoms with van der Waals surface area (Å²) in [6.45, 7) is 21.1. The summed E-state index contributed by atoms with van der Waals surface area (Å²) >= 11 is 8.41. The Morgan fingerprint density at radius 3 is 2.42 bits per heavy atom. The summed E-state index contributed by atoms with van der Waals surface area (Å²) in [5, 5.41) is 0.708. The van der Waals surface area contributed by atoms with Gasteiger partial charge in [-0.25, -0.2) is 4.79 Å². The highest BCUT2D eigenvalue weighted by atomic mass is 35.5. The molecule has 6 rings (SSSR count). The van der Waals surface area contributed by atoms with Gasteiger partial charge in [-0.15, -0.1) is 11.3 Å². The molecule has 3 amide bonds. The van der Waals surface area contributed by atoms with E-state index in [1.54, 1.807) is 11.3 Å². The quantitative estimate of drug-likeness (QED) is 0.177. The lowest BCUT2D eigenvalue weighted by Crippen LogP contribution is -2.53. The third kappa shape index (κ3) is 7.20. The van der Waals surface area contributed by atoms with Crippen molar-refractivity contribution < 1.29 is 23.5 Å². The number of imide groups is 1. The number of rotatable bonds is 7. The SMILES string of the molecule is CC(C)(C)OC(=O)N1C[C@@H](N2CCCc3cc(Cl)cc(-c4ccnc5cc(CN6C(=O)CCC6=O)sc45)c32)C[C@@]1(C)CO[Si](C)(C)C(C)(C)C. The molecule has 5 heterocycles. The van der Waals surface area contributed by atoms with E-state index in [4.69, 9.17) is 20.8 Å². The van der Waals surface area contributed by atoms with Crippen LogP contribution < -0.4 is 4.90 Å². The molecule has 2 atom stereocenters. The van der Waals surface area contributed by atoms with Gasteiger partial charge in [-0.3, -0.25) is 24.4 Å². The Kier molecular flexibility index (Phi) is 9.72. The van der Waals surface area contributed by atoms with Crippen LogP contribution in [0.25, 0.3) is 21.3 Å². The molecule has 50 heavy (non-hydrogen) atoms. The lowest BCUT2D eigenvalue weighted by Gasteiger charge is -2.42. The average molecular weight is 739 g/mol. The number of thiophene rings is 1. The van der Waals surface area contributed by atoms with E-state index < -0.39 is 19.5 Å². The molecule has 0 N–H and O–H groups in total. The molecule has 3 aliphatic rings. The first-order valence-electron chi connectivity index (χ1n) is 17.7. The Balaban J connectivity index is 1.38. The van der Waals surface area contributed by atoms with E-state index in [9.17, 15) is 14.4 Å². The number of amides is 3. The van der Waals surface area contributed by atoms with Crippen molar-refractivity contribution in [3.8, 4) is 11.1 Å². The Bertz CT molecular complexity index is 1820. The van der Waals surface area contributed by atoms with E-state index in [0.29, 0.717) is 18.2 Å². The molecule has 2 saturated heterocycles. The van der Waals surface area contributed by atoms with E-state index >= 15 is 0 Å². The molecular weight excluding hydrogens is 688 g/mol. The first-order chi connectivity index (χ1) is 23.3. The number of aryl methyl sites for hydroxylation is 1. The van der Waals surface area contributed by atoms with Crippen molar-refractivity contribution in [2.24, 2.45) is 0 Å². The van der Waals surface area contributed by atoms with Crippen molar-refractivity contribution in [1.29, 1.82) is 0 Å². The van der Waals surface area contributed by atoms with E-state index in [0.717, 1.165) is 57.7 Å². The second-order valence-electron chi connectivity index (χ2n) is 16.9. The maximum atomic E-state index is 13.9. The fourth-order valence-electron chi connectivity index (χ4n) is 7.16. The van der Waals surface area contributed by atoms with Crippen molar-refractivity contribution in [1.82, 2.24) is 14.8 Å². The maximum Gasteiger partial charge on any atom is 0.410 e. The number of hydrogen-bond acceptors (Lipinski definition) is 8.